The van der Waals surface area contributed by atoms with E-state index >= 15 is 0 Å². The van der Waals surface area contributed by atoms with Gasteiger partial charge in [0.15, 0.2) is 5.96 Å². The van der Waals surface area contributed by atoms with Gasteiger partial charge in [0.1, 0.15) is 0 Å². The number of carbonyl (C=O) groups is 1. The summed E-state index contributed by atoms with van der Waals surface area (Å²) < 4.78 is 0. The highest BCUT2D eigenvalue weighted by Gasteiger charge is 2.21. The summed E-state index contributed by atoms with van der Waals surface area (Å²) in [6.45, 7) is 1.49. The van der Waals surface area contributed by atoms with Crippen molar-refractivity contribution < 1.29 is 4.79 Å². The van der Waals surface area contributed by atoms with Crippen LogP contribution in [0.25, 0.3) is 0 Å². The lowest BCUT2D eigenvalue weighted by Crippen LogP contribution is -2.45. The van der Waals surface area contributed by atoms with E-state index in [0.29, 0.717) is 17.5 Å². The Morgan fingerprint density at radius 3 is 2.73 bits per heavy atom. The number of amides is 1. The Morgan fingerprint density at radius 1 is 1.15 bits per heavy atom. The molecule has 1 amide bonds. The summed E-state index contributed by atoms with van der Waals surface area (Å²) in [6.07, 6.45) is 2.01. The second-order valence-corrected chi connectivity index (χ2v) is 6.56. The zero-order valence-corrected chi connectivity index (χ0v) is 15.6. The van der Waals surface area contributed by atoms with Crippen LogP contribution >= 0.6 is 11.6 Å². The monoisotopic (exact) mass is 370 g/mol. The molecular weight excluding hydrogens is 348 g/mol. The van der Waals surface area contributed by atoms with E-state index in [1.165, 1.54) is 5.56 Å². The lowest BCUT2D eigenvalue weighted by molar-refractivity contribution is -0.117. The second-order valence-electron chi connectivity index (χ2n) is 6.15. The first-order valence-electron chi connectivity index (χ1n) is 8.75. The lowest BCUT2D eigenvalue weighted by Gasteiger charge is -2.29. The average molecular weight is 371 g/mol. The number of rotatable bonds is 4. The molecule has 26 heavy (non-hydrogen) atoms. The number of hydrogen-bond acceptors (Lipinski definition) is 2. The molecule has 2 N–H and O–H groups in total. The smallest absolute Gasteiger partial charge is 0.246 e. The van der Waals surface area contributed by atoms with Gasteiger partial charge < -0.3 is 15.5 Å². The van der Waals surface area contributed by atoms with Gasteiger partial charge in [-0.1, -0.05) is 48.0 Å². The van der Waals surface area contributed by atoms with E-state index in [4.69, 9.17) is 11.6 Å². The third kappa shape index (κ3) is 4.35. The average Bonchev–Trinajstić information content (AvgIpc) is 2.68. The predicted octanol–water partition coefficient (Wildman–Crippen LogP) is 2.98. The molecule has 0 unspecified atom stereocenters. The van der Waals surface area contributed by atoms with E-state index in [0.717, 1.165) is 30.6 Å². The highest BCUT2D eigenvalue weighted by Crippen LogP contribution is 2.26. The topological polar surface area (TPSA) is 56.7 Å². The molecule has 136 valence electrons. The van der Waals surface area contributed by atoms with Crippen molar-refractivity contribution in [3.8, 4) is 0 Å². The van der Waals surface area contributed by atoms with Crippen LogP contribution in [0, 0.1) is 0 Å². The van der Waals surface area contributed by atoms with E-state index in [-0.39, 0.29) is 12.5 Å². The summed E-state index contributed by atoms with van der Waals surface area (Å²) in [5.41, 5.74) is 3.23. The van der Waals surface area contributed by atoms with Gasteiger partial charge in [0.25, 0.3) is 0 Å². The number of aliphatic imine (C=N–C) groups is 1. The van der Waals surface area contributed by atoms with Gasteiger partial charge in [0.05, 0.1) is 6.54 Å². The SMILES string of the molecule is CN=C(NCC(=O)N1CCCc2ccccc21)NCc1ccccc1Cl. The van der Waals surface area contributed by atoms with Gasteiger partial charge in [-0.3, -0.25) is 9.79 Å². The normalized spacial score (nSPS) is 13.9. The van der Waals surface area contributed by atoms with Crippen molar-refractivity contribution in [2.45, 2.75) is 19.4 Å². The van der Waals surface area contributed by atoms with Crippen LogP contribution in [0.5, 0.6) is 0 Å². The fourth-order valence-corrected chi connectivity index (χ4v) is 3.29. The zero-order chi connectivity index (χ0) is 18.4. The molecule has 3 rings (SSSR count). The fourth-order valence-electron chi connectivity index (χ4n) is 3.09. The summed E-state index contributed by atoms with van der Waals surface area (Å²) in [7, 11) is 1.68. The zero-order valence-electron chi connectivity index (χ0n) is 14.8. The molecule has 0 radical (unpaired) electrons. The van der Waals surface area contributed by atoms with Gasteiger partial charge in [-0.05, 0) is 36.1 Å². The Balaban J connectivity index is 1.56. The van der Waals surface area contributed by atoms with Crippen LogP contribution in [0.3, 0.4) is 0 Å². The summed E-state index contributed by atoms with van der Waals surface area (Å²) in [5, 5.41) is 6.98. The minimum atomic E-state index is 0.0397. The molecule has 1 aliphatic rings. The van der Waals surface area contributed by atoms with E-state index in [2.05, 4.69) is 21.7 Å². The number of para-hydroxylation sites is 1. The molecule has 6 heteroatoms. The lowest BCUT2D eigenvalue weighted by atomic mass is 10.0. The number of halogens is 1. The maximum absolute atomic E-state index is 12.7. The summed E-state index contributed by atoms with van der Waals surface area (Å²) in [5.74, 6) is 0.612. The van der Waals surface area contributed by atoms with Gasteiger partial charge >= 0.3 is 0 Å². The molecule has 0 aromatic heterocycles. The fraction of sp³-hybridized carbons (Fsp3) is 0.300. The van der Waals surface area contributed by atoms with Crippen LogP contribution < -0.4 is 15.5 Å². The summed E-state index contributed by atoms with van der Waals surface area (Å²) >= 11 is 6.17. The predicted molar refractivity (Wildman–Crippen MR) is 107 cm³/mol. The first-order valence-corrected chi connectivity index (χ1v) is 9.13. The van der Waals surface area contributed by atoms with Crippen molar-refractivity contribution in [2.24, 2.45) is 4.99 Å². The number of hydrogen-bond donors (Lipinski definition) is 2. The van der Waals surface area contributed by atoms with Crippen molar-refractivity contribution in [3.63, 3.8) is 0 Å². The largest absolute Gasteiger partial charge is 0.352 e. The van der Waals surface area contributed by atoms with E-state index in [1.54, 1.807) is 7.05 Å². The number of fused-ring (bicyclic) bond motifs is 1. The number of carbonyl (C=O) groups excluding carboxylic acids is 1. The van der Waals surface area contributed by atoms with Gasteiger partial charge in [0.2, 0.25) is 5.91 Å². The van der Waals surface area contributed by atoms with Crippen LogP contribution in [-0.4, -0.2) is 32.0 Å². The number of anilines is 1. The van der Waals surface area contributed by atoms with E-state index in [1.807, 2.05) is 47.4 Å². The summed E-state index contributed by atoms with van der Waals surface area (Å²) in [6, 6.07) is 15.7. The van der Waals surface area contributed by atoms with Crippen molar-refractivity contribution in [3.05, 3.63) is 64.7 Å². The molecular formula is C20H23ClN4O. The molecule has 0 fully saturated rings. The number of guanidine groups is 1. The Hall–Kier alpha value is -2.53. The molecule has 2 aromatic carbocycles. The number of nitrogens with one attached hydrogen (secondary N) is 2. The maximum atomic E-state index is 12.7. The van der Waals surface area contributed by atoms with Crippen molar-refractivity contribution in [1.82, 2.24) is 10.6 Å². The molecule has 0 atom stereocenters. The number of benzene rings is 2. The molecule has 1 heterocycles. The third-order valence-electron chi connectivity index (χ3n) is 4.45. The third-order valence-corrected chi connectivity index (χ3v) is 4.81. The van der Waals surface area contributed by atoms with Gasteiger partial charge in [0, 0.05) is 30.8 Å². The standard InChI is InChI=1S/C20H23ClN4O/c1-22-20(23-13-16-8-2-4-10-17(16)21)24-14-19(26)25-12-6-9-15-7-3-5-11-18(15)25/h2-5,7-8,10-11H,6,9,12-14H2,1H3,(H2,22,23,24). The Bertz CT molecular complexity index is 806. The Morgan fingerprint density at radius 2 is 1.92 bits per heavy atom. The second kappa shape index (κ2) is 8.72. The van der Waals surface area contributed by atoms with E-state index in [9.17, 15) is 4.79 Å². The number of nitrogens with zero attached hydrogens (tertiary/aromatic N) is 2. The van der Waals surface area contributed by atoms with Crippen molar-refractivity contribution in [1.29, 1.82) is 0 Å². The minimum Gasteiger partial charge on any atom is -0.352 e. The van der Waals surface area contributed by atoms with Crippen LogP contribution in [0.4, 0.5) is 5.69 Å². The molecule has 0 bridgehead atoms. The highest BCUT2D eigenvalue weighted by molar-refractivity contribution is 6.31. The van der Waals surface area contributed by atoms with Crippen molar-refractivity contribution >= 4 is 29.2 Å². The van der Waals surface area contributed by atoms with Gasteiger partial charge in [-0.15, -0.1) is 0 Å². The minimum absolute atomic E-state index is 0.0397. The number of aryl methyl sites for hydroxylation is 1. The van der Waals surface area contributed by atoms with Crippen LogP contribution in [0.15, 0.2) is 53.5 Å². The first kappa shape index (κ1) is 18.3. The summed E-state index contributed by atoms with van der Waals surface area (Å²) in [4.78, 5) is 18.7. The van der Waals surface area contributed by atoms with Crippen LogP contribution in [-0.2, 0) is 17.8 Å². The molecule has 5 nitrogen and oxygen atoms in total. The molecule has 0 saturated carbocycles. The molecule has 0 saturated heterocycles. The first-order chi connectivity index (χ1) is 12.7. The van der Waals surface area contributed by atoms with Gasteiger partial charge in [-0.25, -0.2) is 0 Å². The van der Waals surface area contributed by atoms with Crippen LogP contribution in [0.2, 0.25) is 5.02 Å². The molecule has 0 spiro atoms. The molecule has 0 aliphatic carbocycles. The Labute approximate surface area is 159 Å². The quantitative estimate of drug-likeness (QED) is 0.642. The van der Waals surface area contributed by atoms with E-state index < -0.39 is 0 Å². The van der Waals surface area contributed by atoms with Crippen LogP contribution in [0.1, 0.15) is 17.5 Å². The van der Waals surface area contributed by atoms with Crippen molar-refractivity contribution in [2.75, 3.05) is 25.0 Å². The molecule has 1 aliphatic heterocycles. The molecule has 2 aromatic rings. The van der Waals surface area contributed by atoms with Gasteiger partial charge in [-0.2, -0.15) is 0 Å². The maximum Gasteiger partial charge on any atom is 0.246 e. The highest BCUT2D eigenvalue weighted by atomic mass is 35.5. The Kier molecular flexibility index (Phi) is 6.12.